The minimum Gasteiger partial charge on any atom is -0.438 e. The fourth-order valence-corrected chi connectivity index (χ4v) is 3.32. The van der Waals surface area contributed by atoms with Gasteiger partial charge in [-0.25, -0.2) is 0 Å². The monoisotopic (exact) mass is 377 g/mol. The number of anilines is 2. The van der Waals surface area contributed by atoms with Crippen LogP contribution in [0.15, 0.2) is 93.8 Å². The molecule has 2 aromatic heterocycles. The topological polar surface area (TPSA) is 75.0 Å². The molecule has 0 atom stereocenters. The number of aromatic nitrogens is 1. The molecule has 3 aromatic carbocycles. The Morgan fingerprint density at radius 3 is 2.10 bits per heavy atom. The minimum atomic E-state index is 0.274. The van der Waals surface area contributed by atoms with Crippen molar-refractivity contribution in [1.82, 2.24) is 4.98 Å². The van der Waals surface area contributed by atoms with Crippen LogP contribution < -0.4 is 5.32 Å². The van der Waals surface area contributed by atoms with Gasteiger partial charge in [0.25, 0.3) is 0 Å². The molecule has 5 nitrogen and oxygen atoms in total. The summed E-state index contributed by atoms with van der Waals surface area (Å²) in [4.78, 5) is 4.42. The number of benzene rings is 3. The summed E-state index contributed by atoms with van der Waals surface area (Å²) in [5.41, 5.74) is 4.30. The second-order valence-electron chi connectivity index (χ2n) is 6.47. The van der Waals surface area contributed by atoms with Gasteiger partial charge in [-0.1, -0.05) is 72.8 Å². The summed E-state index contributed by atoms with van der Waals surface area (Å²) < 4.78 is 11.9. The molecular formula is C24H15N3O2. The molecule has 1 N–H and O–H groups in total. The van der Waals surface area contributed by atoms with Gasteiger partial charge in [0.1, 0.15) is 22.9 Å². The Morgan fingerprint density at radius 2 is 1.41 bits per heavy atom. The average Bonchev–Trinajstić information content (AvgIpc) is 3.35. The first-order chi connectivity index (χ1) is 14.3. The molecule has 2 heterocycles. The zero-order chi connectivity index (χ0) is 19.6. The van der Waals surface area contributed by atoms with E-state index in [1.165, 1.54) is 0 Å². The van der Waals surface area contributed by atoms with Crippen molar-refractivity contribution in [2.24, 2.45) is 0 Å². The Kier molecular flexibility index (Phi) is 4.08. The molecule has 0 spiro atoms. The predicted octanol–water partition coefficient (Wildman–Crippen LogP) is 6.37. The number of nitrogens with zero attached hydrogens (tertiary/aromatic N) is 2. The van der Waals surface area contributed by atoms with Crippen LogP contribution in [0.5, 0.6) is 0 Å². The fraction of sp³-hybridized carbons (Fsp3) is 0. The number of hydrogen-bond acceptors (Lipinski definition) is 5. The first-order valence-corrected chi connectivity index (χ1v) is 9.14. The van der Waals surface area contributed by atoms with E-state index in [0.717, 1.165) is 22.2 Å². The van der Waals surface area contributed by atoms with Gasteiger partial charge in [-0.3, -0.25) is 5.32 Å². The standard InChI is InChI=1S/C24H15N3O2/c25-15-18-21(16-9-3-1-4-10-16)22(17-11-5-2-6-12-17)29-23(18)27-24-26-19-13-7-8-14-20(19)28-24/h1-14H,(H,26,27). The molecule has 0 unspecified atom stereocenters. The van der Waals surface area contributed by atoms with Crippen LogP contribution in [-0.2, 0) is 0 Å². The van der Waals surface area contributed by atoms with Gasteiger partial charge < -0.3 is 8.83 Å². The number of rotatable bonds is 4. The van der Waals surface area contributed by atoms with Gasteiger partial charge in [-0.15, -0.1) is 0 Å². The molecule has 138 valence electrons. The third kappa shape index (κ3) is 3.03. The number of para-hydroxylation sites is 2. The normalized spacial score (nSPS) is 10.7. The highest BCUT2D eigenvalue weighted by molar-refractivity contribution is 5.89. The lowest BCUT2D eigenvalue weighted by Crippen LogP contribution is -1.91. The van der Waals surface area contributed by atoms with E-state index >= 15 is 0 Å². The highest BCUT2D eigenvalue weighted by Gasteiger charge is 2.24. The van der Waals surface area contributed by atoms with Crippen LogP contribution >= 0.6 is 0 Å². The molecule has 0 aliphatic carbocycles. The van der Waals surface area contributed by atoms with Crippen LogP contribution in [0, 0.1) is 11.3 Å². The van der Waals surface area contributed by atoms with Crippen molar-refractivity contribution >= 4 is 23.0 Å². The SMILES string of the molecule is N#Cc1c(Nc2nc3ccccc3o2)oc(-c2ccccc2)c1-c1ccccc1. The Labute approximate surface area is 166 Å². The van der Waals surface area contributed by atoms with Crippen LogP contribution in [0.25, 0.3) is 33.6 Å². The number of oxazole rings is 1. The summed E-state index contributed by atoms with van der Waals surface area (Å²) >= 11 is 0. The molecule has 0 aliphatic rings. The summed E-state index contributed by atoms with van der Waals surface area (Å²) in [5.74, 6) is 0.920. The zero-order valence-corrected chi connectivity index (χ0v) is 15.3. The van der Waals surface area contributed by atoms with Crippen LogP contribution in [0.2, 0.25) is 0 Å². The maximum Gasteiger partial charge on any atom is 0.302 e. The van der Waals surface area contributed by atoms with Crippen LogP contribution in [0.3, 0.4) is 0 Å². The molecule has 29 heavy (non-hydrogen) atoms. The van der Waals surface area contributed by atoms with E-state index in [4.69, 9.17) is 8.83 Å². The van der Waals surface area contributed by atoms with E-state index in [2.05, 4.69) is 16.4 Å². The minimum absolute atomic E-state index is 0.274. The van der Waals surface area contributed by atoms with Crippen molar-refractivity contribution in [2.45, 2.75) is 0 Å². The lowest BCUT2D eigenvalue weighted by atomic mass is 9.98. The maximum atomic E-state index is 9.94. The lowest BCUT2D eigenvalue weighted by molar-refractivity contribution is 0.580. The molecular weight excluding hydrogens is 362 g/mol. The van der Waals surface area contributed by atoms with Gasteiger partial charge in [0, 0.05) is 11.1 Å². The fourth-order valence-electron chi connectivity index (χ4n) is 3.32. The van der Waals surface area contributed by atoms with Crippen LogP contribution in [0.1, 0.15) is 5.56 Å². The van der Waals surface area contributed by atoms with Crippen LogP contribution in [-0.4, -0.2) is 4.98 Å². The molecule has 0 aliphatic heterocycles. The largest absolute Gasteiger partial charge is 0.438 e. The van der Waals surface area contributed by atoms with Crippen molar-refractivity contribution in [1.29, 1.82) is 5.26 Å². The molecule has 0 saturated heterocycles. The summed E-state index contributed by atoms with van der Waals surface area (Å²) in [6, 6.07) is 29.5. The molecule has 0 radical (unpaired) electrons. The second-order valence-corrected chi connectivity index (χ2v) is 6.47. The summed E-state index contributed by atoms with van der Waals surface area (Å²) in [6.07, 6.45) is 0. The van der Waals surface area contributed by atoms with Gasteiger partial charge in [-0.2, -0.15) is 10.2 Å². The van der Waals surface area contributed by atoms with Crippen molar-refractivity contribution in [2.75, 3.05) is 5.32 Å². The molecule has 0 amide bonds. The molecule has 5 aromatic rings. The quantitative estimate of drug-likeness (QED) is 0.394. The number of furan rings is 1. The van der Waals surface area contributed by atoms with E-state index in [1.807, 2.05) is 84.9 Å². The average molecular weight is 377 g/mol. The van der Waals surface area contributed by atoms with Gasteiger partial charge in [0.15, 0.2) is 5.58 Å². The number of nitriles is 1. The van der Waals surface area contributed by atoms with Crippen molar-refractivity contribution < 1.29 is 8.83 Å². The van der Waals surface area contributed by atoms with Gasteiger partial charge in [0.05, 0.1) is 0 Å². The van der Waals surface area contributed by atoms with E-state index in [0.29, 0.717) is 22.8 Å². The second kappa shape index (κ2) is 7.02. The van der Waals surface area contributed by atoms with Gasteiger partial charge >= 0.3 is 6.01 Å². The number of fused-ring (bicyclic) bond motifs is 1. The summed E-state index contributed by atoms with van der Waals surface area (Å²) in [5, 5.41) is 13.0. The van der Waals surface area contributed by atoms with Gasteiger partial charge in [-0.05, 0) is 17.7 Å². The summed E-state index contributed by atoms with van der Waals surface area (Å²) in [6.45, 7) is 0. The third-order valence-corrected chi connectivity index (χ3v) is 4.63. The number of hydrogen-bond donors (Lipinski definition) is 1. The first kappa shape index (κ1) is 16.8. The molecule has 0 bridgehead atoms. The Balaban J connectivity index is 1.68. The Bertz CT molecular complexity index is 1300. The van der Waals surface area contributed by atoms with E-state index in [9.17, 15) is 5.26 Å². The van der Waals surface area contributed by atoms with Crippen LogP contribution in [0.4, 0.5) is 11.9 Å². The van der Waals surface area contributed by atoms with E-state index in [-0.39, 0.29) is 6.01 Å². The molecule has 0 fully saturated rings. The first-order valence-electron chi connectivity index (χ1n) is 9.14. The number of nitrogens with one attached hydrogen (secondary N) is 1. The lowest BCUT2D eigenvalue weighted by Gasteiger charge is -2.03. The zero-order valence-electron chi connectivity index (χ0n) is 15.3. The Hall–Kier alpha value is -4.30. The smallest absolute Gasteiger partial charge is 0.302 e. The van der Waals surface area contributed by atoms with Crippen molar-refractivity contribution in [3.63, 3.8) is 0 Å². The van der Waals surface area contributed by atoms with Crippen molar-refractivity contribution in [3.05, 3.63) is 90.5 Å². The molecule has 5 heteroatoms. The Morgan fingerprint density at radius 1 is 0.759 bits per heavy atom. The van der Waals surface area contributed by atoms with E-state index in [1.54, 1.807) is 0 Å². The molecule has 5 rings (SSSR count). The highest BCUT2D eigenvalue weighted by atomic mass is 16.4. The predicted molar refractivity (Wildman–Crippen MR) is 112 cm³/mol. The maximum absolute atomic E-state index is 9.94. The third-order valence-electron chi connectivity index (χ3n) is 4.63. The summed E-state index contributed by atoms with van der Waals surface area (Å²) in [7, 11) is 0. The molecule has 0 saturated carbocycles. The highest BCUT2D eigenvalue weighted by Crippen LogP contribution is 2.42. The van der Waals surface area contributed by atoms with E-state index < -0.39 is 0 Å². The van der Waals surface area contributed by atoms with Gasteiger partial charge in [0.2, 0.25) is 5.88 Å². The van der Waals surface area contributed by atoms with Crippen molar-refractivity contribution in [3.8, 4) is 28.5 Å².